The fourth-order valence-electron chi connectivity index (χ4n) is 2.40. The van der Waals surface area contributed by atoms with Gasteiger partial charge in [0.15, 0.2) is 5.17 Å². The van der Waals surface area contributed by atoms with Crippen LogP contribution in [0.4, 0.5) is 5.69 Å². The first kappa shape index (κ1) is 17.0. The largest absolute Gasteiger partial charge is 0.478 e. The van der Waals surface area contributed by atoms with Gasteiger partial charge in [0, 0.05) is 7.05 Å². The Kier molecular flexibility index (Phi) is 4.72. The standard InChI is InChI=1S/C19H16N2O3S/c1-12-7-3-4-8-13(12)11-16-17(22)21(2)19(25-16)20-15-10-6-5-9-14(15)18(23)24/h3-11H,1-2H3,(H,23,24)/b16-11-,20-19?. The molecule has 1 amide bonds. The van der Waals surface area contributed by atoms with Crippen LogP contribution < -0.4 is 0 Å². The van der Waals surface area contributed by atoms with Gasteiger partial charge in [0.05, 0.1) is 16.2 Å². The number of carbonyl (C=O) groups is 2. The molecule has 1 aliphatic heterocycles. The van der Waals surface area contributed by atoms with Gasteiger partial charge < -0.3 is 5.11 Å². The number of hydrogen-bond donors (Lipinski definition) is 1. The number of aromatic carboxylic acids is 1. The summed E-state index contributed by atoms with van der Waals surface area (Å²) in [5, 5.41) is 9.72. The van der Waals surface area contributed by atoms with Crippen LogP contribution >= 0.6 is 11.8 Å². The van der Waals surface area contributed by atoms with Gasteiger partial charge in [-0.25, -0.2) is 9.79 Å². The average molecular weight is 352 g/mol. The van der Waals surface area contributed by atoms with Crippen molar-refractivity contribution >= 4 is 40.6 Å². The number of amidine groups is 1. The van der Waals surface area contributed by atoms with Gasteiger partial charge in [0.1, 0.15) is 0 Å². The maximum Gasteiger partial charge on any atom is 0.337 e. The third-order valence-corrected chi connectivity index (χ3v) is 4.89. The van der Waals surface area contributed by atoms with Crippen LogP contribution in [0.2, 0.25) is 0 Å². The van der Waals surface area contributed by atoms with Crippen LogP contribution in [0.3, 0.4) is 0 Å². The number of amides is 1. The van der Waals surface area contributed by atoms with Crippen LogP contribution in [0.25, 0.3) is 6.08 Å². The number of carbonyl (C=O) groups excluding carboxylic acids is 1. The van der Waals surface area contributed by atoms with E-state index in [2.05, 4.69) is 4.99 Å². The van der Waals surface area contributed by atoms with Gasteiger partial charge in [-0.2, -0.15) is 0 Å². The van der Waals surface area contributed by atoms with E-state index in [1.165, 1.54) is 22.7 Å². The molecule has 0 aliphatic carbocycles. The van der Waals surface area contributed by atoms with Gasteiger partial charge in [0.25, 0.3) is 5.91 Å². The van der Waals surface area contributed by atoms with Crippen molar-refractivity contribution in [2.75, 3.05) is 7.05 Å². The van der Waals surface area contributed by atoms with Crippen LogP contribution in [0, 0.1) is 6.92 Å². The number of aryl methyl sites for hydroxylation is 1. The van der Waals surface area contributed by atoms with Gasteiger partial charge in [-0.3, -0.25) is 9.69 Å². The number of benzene rings is 2. The monoisotopic (exact) mass is 352 g/mol. The lowest BCUT2D eigenvalue weighted by molar-refractivity contribution is -0.121. The zero-order valence-electron chi connectivity index (χ0n) is 13.8. The smallest absolute Gasteiger partial charge is 0.337 e. The molecule has 25 heavy (non-hydrogen) atoms. The summed E-state index contributed by atoms with van der Waals surface area (Å²) < 4.78 is 0. The van der Waals surface area contributed by atoms with Gasteiger partial charge >= 0.3 is 5.97 Å². The SMILES string of the molecule is Cc1ccccc1/C=C1\SC(=Nc2ccccc2C(=O)O)N(C)C1=O. The lowest BCUT2D eigenvalue weighted by Crippen LogP contribution is -2.23. The summed E-state index contributed by atoms with van der Waals surface area (Å²) in [4.78, 5) is 30.2. The first-order chi connectivity index (χ1) is 12.0. The quantitative estimate of drug-likeness (QED) is 0.850. The zero-order chi connectivity index (χ0) is 18.0. The Labute approximate surface area is 149 Å². The molecule has 0 bridgehead atoms. The lowest BCUT2D eigenvalue weighted by Gasteiger charge is -2.08. The highest BCUT2D eigenvalue weighted by Crippen LogP contribution is 2.34. The van der Waals surface area contributed by atoms with Crippen molar-refractivity contribution in [2.45, 2.75) is 6.92 Å². The second kappa shape index (κ2) is 6.94. The van der Waals surface area contributed by atoms with E-state index >= 15 is 0 Å². The Morgan fingerprint density at radius 3 is 2.56 bits per heavy atom. The average Bonchev–Trinajstić information content (AvgIpc) is 2.85. The van der Waals surface area contributed by atoms with Gasteiger partial charge in [0.2, 0.25) is 0 Å². The van der Waals surface area contributed by atoms with E-state index in [1.807, 2.05) is 37.3 Å². The Bertz CT molecular complexity index is 918. The van der Waals surface area contributed by atoms with Crippen LogP contribution in [-0.2, 0) is 4.79 Å². The summed E-state index contributed by atoms with van der Waals surface area (Å²) in [6, 6.07) is 14.3. The van der Waals surface area contributed by atoms with E-state index in [1.54, 1.807) is 25.2 Å². The van der Waals surface area contributed by atoms with Gasteiger partial charge in [-0.15, -0.1) is 0 Å². The maximum absolute atomic E-state index is 12.5. The fraction of sp³-hybridized carbons (Fsp3) is 0.105. The number of aliphatic imine (C=N–C) groups is 1. The molecule has 0 unspecified atom stereocenters. The molecular weight excluding hydrogens is 336 g/mol. The van der Waals surface area contributed by atoms with E-state index in [-0.39, 0.29) is 11.5 Å². The number of hydrogen-bond acceptors (Lipinski definition) is 4. The minimum absolute atomic E-state index is 0.104. The Morgan fingerprint density at radius 2 is 1.84 bits per heavy atom. The number of thioether (sulfide) groups is 1. The number of carboxylic acid groups (broad SMARTS) is 1. The molecule has 0 radical (unpaired) electrons. The highest BCUT2D eigenvalue weighted by molar-refractivity contribution is 8.18. The summed E-state index contributed by atoms with van der Waals surface area (Å²) in [6.07, 6.45) is 1.84. The topological polar surface area (TPSA) is 70.0 Å². The van der Waals surface area contributed by atoms with Crippen molar-refractivity contribution < 1.29 is 14.7 Å². The number of likely N-dealkylation sites (N-methyl/N-ethyl adjacent to an activating group) is 1. The Morgan fingerprint density at radius 1 is 1.16 bits per heavy atom. The molecule has 1 aliphatic rings. The van der Waals surface area contributed by atoms with Crippen molar-refractivity contribution in [1.82, 2.24) is 4.90 Å². The Hall–Kier alpha value is -2.86. The van der Waals surface area contributed by atoms with Crippen LogP contribution in [0.15, 0.2) is 58.4 Å². The number of nitrogens with zero attached hydrogens (tertiary/aromatic N) is 2. The minimum Gasteiger partial charge on any atom is -0.478 e. The van der Waals surface area contributed by atoms with E-state index in [9.17, 15) is 14.7 Å². The summed E-state index contributed by atoms with van der Waals surface area (Å²) in [5.74, 6) is -1.20. The summed E-state index contributed by atoms with van der Waals surface area (Å²) in [7, 11) is 1.64. The first-order valence-corrected chi connectivity index (χ1v) is 8.43. The summed E-state index contributed by atoms with van der Waals surface area (Å²) >= 11 is 1.24. The van der Waals surface area contributed by atoms with E-state index in [4.69, 9.17) is 0 Å². The third-order valence-electron chi connectivity index (χ3n) is 3.83. The van der Waals surface area contributed by atoms with Gasteiger partial charge in [-0.05, 0) is 48.0 Å². The van der Waals surface area contributed by atoms with Gasteiger partial charge in [-0.1, -0.05) is 36.4 Å². The number of carboxylic acids is 1. The second-order valence-corrected chi connectivity index (χ2v) is 6.56. The molecule has 0 spiro atoms. The number of para-hydroxylation sites is 1. The van der Waals surface area contributed by atoms with E-state index < -0.39 is 5.97 Å². The van der Waals surface area contributed by atoms with Crippen molar-refractivity contribution in [3.63, 3.8) is 0 Å². The van der Waals surface area contributed by atoms with E-state index in [0.717, 1.165) is 11.1 Å². The molecule has 3 rings (SSSR count). The van der Waals surface area contributed by atoms with Crippen molar-refractivity contribution in [3.8, 4) is 0 Å². The first-order valence-electron chi connectivity index (χ1n) is 7.61. The molecule has 6 heteroatoms. The molecule has 1 saturated heterocycles. The molecule has 2 aromatic rings. The van der Waals surface area contributed by atoms with Crippen LogP contribution in [0.1, 0.15) is 21.5 Å². The molecule has 0 saturated carbocycles. The summed E-state index contributed by atoms with van der Waals surface area (Å²) in [5.41, 5.74) is 2.48. The predicted octanol–water partition coefficient (Wildman–Crippen LogP) is 3.93. The molecule has 1 fully saturated rings. The highest BCUT2D eigenvalue weighted by Gasteiger charge is 2.30. The van der Waals surface area contributed by atoms with Crippen LogP contribution in [0.5, 0.6) is 0 Å². The highest BCUT2D eigenvalue weighted by atomic mass is 32.2. The molecule has 5 nitrogen and oxygen atoms in total. The van der Waals surface area contributed by atoms with Crippen LogP contribution in [-0.4, -0.2) is 34.1 Å². The molecule has 126 valence electrons. The Balaban J connectivity index is 1.97. The number of rotatable bonds is 3. The van der Waals surface area contributed by atoms with Crippen molar-refractivity contribution in [2.24, 2.45) is 4.99 Å². The fourth-order valence-corrected chi connectivity index (χ4v) is 3.37. The zero-order valence-corrected chi connectivity index (χ0v) is 14.6. The van der Waals surface area contributed by atoms with Crippen molar-refractivity contribution in [1.29, 1.82) is 0 Å². The van der Waals surface area contributed by atoms with Crippen molar-refractivity contribution in [3.05, 3.63) is 70.1 Å². The molecular formula is C19H16N2O3S. The summed E-state index contributed by atoms with van der Waals surface area (Å²) in [6.45, 7) is 1.98. The minimum atomic E-state index is -1.05. The molecule has 1 N–H and O–H groups in total. The predicted molar refractivity (Wildman–Crippen MR) is 100 cm³/mol. The molecule has 1 heterocycles. The van der Waals surface area contributed by atoms with E-state index in [0.29, 0.717) is 15.8 Å². The third kappa shape index (κ3) is 3.49. The molecule has 0 atom stereocenters. The maximum atomic E-state index is 12.5. The lowest BCUT2D eigenvalue weighted by atomic mass is 10.1. The normalized spacial score (nSPS) is 17.5. The molecule has 0 aromatic heterocycles. The second-order valence-electron chi connectivity index (χ2n) is 5.55. The molecule has 2 aromatic carbocycles.